The van der Waals surface area contributed by atoms with Crippen molar-refractivity contribution in [1.82, 2.24) is 0 Å². The molecule has 0 N–H and O–H groups in total. The predicted molar refractivity (Wildman–Crippen MR) is 111 cm³/mol. The van der Waals surface area contributed by atoms with Crippen LogP contribution in [0.25, 0.3) is 0 Å². The maximum atomic E-state index is 2.35. The third kappa shape index (κ3) is 5.21. The van der Waals surface area contributed by atoms with Gasteiger partial charge in [-0.2, -0.15) is 0 Å². The number of benzene rings is 2. The zero-order valence-corrected chi connectivity index (χ0v) is 16.5. The molecule has 0 unspecified atom stereocenters. The lowest BCUT2D eigenvalue weighted by molar-refractivity contribution is 0.363. The molecule has 0 bridgehead atoms. The molecular weight excluding hydrogens is 300 g/mol. The zero-order valence-electron chi connectivity index (χ0n) is 16.5. The van der Waals surface area contributed by atoms with Crippen LogP contribution in [0.1, 0.15) is 83.3 Å². The Bertz CT molecular complexity index is 526. The van der Waals surface area contributed by atoms with Crippen LogP contribution < -0.4 is 0 Å². The summed E-state index contributed by atoms with van der Waals surface area (Å²) in [5.41, 5.74) is 3.17. The van der Waals surface area contributed by atoms with E-state index in [4.69, 9.17) is 0 Å². The van der Waals surface area contributed by atoms with Gasteiger partial charge in [-0.05, 0) is 29.9 Å². The number of hydrogen-bond donors (Lipinski definition) is 0. The molecule has 0 aromatic heterocycles. The van der Waals surface area contributed by atoms with Crippen LogP contribution in [0.2, 0.25) is 0 Å². The van der Waals surface area contributed by atoms with Gasteiger partial charge in [-0.1, -0.05) is 120 Å². The van der Waals surface area contributed by atoms with Crippen molar-refractivity contribution < 1.29 is 0 Å². The summed E-state index contributed by atoms with van der Waals surface area (Å²) in [5.74, 6) is 0.885. The zero-order chi connectivity index (χ0) is 18.0. The first-order chi connectivity index (χ1) is 12.3. The molecule has 0 heterocycles. The molecule has 0 spiro atoms. The van der Waals surface area contributed by atoms with Crippen molar-refractivity contribution in [3.8, 4) is 0 Å². The normalized spacial score (nSPS) is 11.8. The number of rotatable bonds is 11. The number of hydrogen-bond acceptors (Lipinski definition) is 0. The lowest BCUT2D eigenvalue weighted by Crippen LogP contribution is -2.28. The van der Waals surface area contributed by atoms with E-state index in [1.54, 1.807) is 0 Å². The Morgan fingerprint density at radius 1 is 0.680 bits per heavy atom. The summed E-state index contributed by atoms with van der Waals surface area (Å²) in [6.45, 7) is 6.99. The van der Waals surface area contributed by atoms with Crippen molar-refractivity contribution in [3.05, 3.63) is 71.8 Å². The molecule has 2 aromatic rings. The summed E-state index contributed by atoms with van der Waals surface area (Å²) in [7, 11) is 0. The molecule has 2 rings (SSSR count). The molecule has 0 fully saturated rings. The fraction of sp³-hybridized carbons (Fsp3) is 0.520. The Hall–Kier alpha value is -1.56. The van der Waals surface area contributed by atoms with E-state index in [9.17, 15) is 0 Å². The van der Waals surface area contributed by atoms with Gasteiger partial charge in [0, 0.05) is 5.41 Å². The summed E-state index contributed by atoms with van der Waals surface area (Å²) < 4.78 is 0. The molecule has 0 aliphatic heterocycles. The lowest BCUT2D eigenvalue weighted by atomic mass is 9.67. The van der Waals surface area contributed by atoms with Crippen LogP contribution in [-0.2, 0) is 5.41 Å². The van der Waals surface area contributed by atoms with Crippen LogP contribution in [0.3, 0.4) is 0 Å². The highest BCUT2D eigenvalue weighted by molar-refractivity contribution is 5.39. The SMILES string of the molecule is CCCCC(CCCC(CC)CC)(c1ccccc1)c1ccccc1. The summed E-state index contributed by atoms with van der Waals surface area (Å²) in [4.78, 5) is 0. The Balaban J connectivity index is 2.33. The molecule has 2 aromatic carbocycles. The van der Waals surface area contributed by atoms with Gasteiger partial charge in [0.05, 0.1) is 0 Å². The van der Waals surface area contributed by atoms with Gasteiger partial charge in [0.15, 0.2) is 0 Å². The fourth-order valence-electron chi connectivity index (χ4n) is 4.25. The standard InChI is InChI=1S/C25H36/c1-4-7-20-25(23-16-10-8-11-17-23,24-18-12-9-13-19-24)21-14-15-22(5-2)6-3/h8-13,16-19,22H,4-7,14-15,20-21H2,1-3H3. The summed E-state index contributed by atoms with van der Waals surface area (Å²) >= 11 is 0. The smallest absolute Gasteiger partial charge is 0.0202 e. The highest BCUT2D eigenvalue weighted by Crippen LogP contribution is 2.42. The van der Waals surface area contributed by atoms with Gasteiger partial charge >= 0.3 is 0 Å². The van der Waals surface area contributed by atoms with Gasteiger partial charge in [0.1, 0.15) is 0 Å². The van der Waals surface area contributed by atoms with E-state index in [2.05, 4.69) is 81.4 Å². The van der Waals surface area contributed by atoms with Crippen molar-refractivity contribution in [2.45, 2.75) is 77.6 Å². The molecular formula is C25H36. The molecule has 0 amide bonds. The molecule has 0 heteroatoms. The predicted octanol–water partition coefficient (Wildman–Crippen LogP) is 7.77. The van der Waals surface area contributed by atoms with Crippen LogP contribution >= 0.6 is 0 Å². The van der Waals surface area contributed by atoms with E-state index in [1.165, 1.54) is 62.5 Å². The monoisotopic (exact) mass is 336 g/mol. The van der Waals surface area contributed by atoms with E-state index in [0.29, 0.717) is 0 Å². The minimum Gasteiger partial charge on any atom is -0.0654 e. The molecule has 0 aliphatic carbocycles. The Morgan fingerprint density at radius 3 is 1.60 bits per heavy atom. The minimum absolute atomic E-state index is 0.171. The second-order valence-corrected chi connectivity index (χ2v) is 7.49. The summed E-state index contributed by atoms with van der Waals surface area (Å²) in [5, 5.41) is 0. The van der Waals surface area contributed by atoms with Crippen molar-refractivity contribution in [2.24, 2.45) is 5.92 Å². The molecule has 136 valence electrons. The highest BCUT2D eigenvalue weighted by Gasteiger charge is 2.33. The molecule has 0 nitrogen and oxygen atoms in total. The summed E-state index contributed by atoms with van der Waals surface area (Å²) in [6.07, 6.45) is 10.4. The maximum absolute atomic E-state index is 2.35. The van der Waals surface area contributed by atoms with E-state index in [1.807, 2.05) is 0 Å². The first-order valence-corrected chi connectivity index (χ1v) is 10.4. The Morgan fingerprint density at radius 2 is 1.16 bits per heavy atom. The Labute approximate surface area is 155 Å². The second-order valence-electron chi connectivity index (χ2n) is 7.49. The van der Waals surface area contributed by atoms with Gasteiger partial charge in [-0.3, -0.25) is 0 Å². The van der Waals surface area contributed by atoms with Crippen LogP contribution in [0, 0.1) is 5.92 Å². The van der Waals surface area contributed by atoms with Crippen LogP contribution in [-0.4, -0.2) is 0 Å². The highest BCUT2D eigenvalue weighted by atomic mass is 14.4. The molecule has 25 heavy (non-hydrogen) atoms. The number of unbranched alkanes of at least 4 members (excludes halogenated alkanes) is 1. The third-order valence-electron chi connectivity index (χ3n) is 5.98. The average molecular weight is 337 g/mol. The third-order valence-corrected chi connectivity index (χ3v) is 5.98. The topological polar surface area (TPSA) is 0 Å². The molecule has 0 radical (unpaired) electrons. The van der Waals surface area contributed by atoms with Gasteiger partial charge in [0.25, 0.3) is 0 Å². The quantitative estimate of drug-likeness (QED) is 0.393. The van der Waals surface area contributed by atoms with Gasteiger partial charge in [-0.15, -0.1) is 0 Å². The largest absolute Gasteiger partial charge is 0.0654 e. The molecule has 0 saturated carbocycles. The van der Waals surface area contributed by atoms with Crippen molar-refractivity contribution in [1.29, 1.82) is 0 Å². The molecule has 0 aliphatic rings. The first kappa shape index (κ1) is 19.8. The van der Waals surface area contributed by atoms with E-state index >= 15 is 0 Å². The van der Waals surface area contributed by atoms with Crippen molar-refractivity contribution >= 4 is 0 Å². The maximum Gasteiger partial charge on any atom is 0.0202 e. The second kappa shape index (κ2) is 10.4. The van der Waals surface area contributed by atoms with Crippen molar-refractivity contribution in [3.63, 3.8) is 0 Å². The van der Waals surface area contributed by atoms with Crippen LogP contribution in [0.5, 0.6) is 0 Å². The first-order valence-electron chi connectivity index (χ1n) is 10.4. The summed E-state index contributed by atoms with van der Waals surface area (Å²) in [6, 6.07) is 22.5. The average Bonchev–Trinajstić information content (AvgIpc) is 2.69. The Kier molecular flexibility index (Phi) is 8.25. The van der Waals surface area contributed by atoms with E-state index < -0.39 is 0 Å². The fourth-order valence-corrected chi connectivity index (χ4v) is 4.25. The van der Waals surface area contributed by atoms with E-state index in [0.717, 1.165) is 5.92 Å². The van der Waals surface area contributed by atoms with Crippen LogP contribution in [0.4, 0.5) is 0 Å². The van der Waals surface area contributed by atoms with Gasteiger partial charge in [-0.25, -0.2) is 0 Å². The lowest BCUT2D eigenvalue weighted by Gasteiger charge is -2.36. The minimum atomic E-state index is 0.171. The van der Waals surface area contributed by atoms with Crippen LogP contribution in [0.15, 0.2) is 60.7 Å². The molecule has 0 saturated heterocycles. The van der Waals surface area contributed by atoms with Crippen molar-refractivity contribution in [2.75, 3.05) is 0 Å². The van der Waals surface area contributed by atoms with Gasteiger partial charge in [0.2, 0.25) is 0 Å². The van der Waals surface area contributed by atoms with Gasteiger partial charge < -0.3 is 0 Å². The molecule has 0 atom stereocenters. The van der Waals surface area contributed by atoms with E-state index in [-0.39, 0.29) is 5.41 Å².